The van der Waals surface area contributed by atoms with Crippen LogP contribution in [0.1, 0.15) is 59.3 Å². The fourth-order valence-corrected chi connectivity index (χ4v) is 4.28. The van der Waals surface area contributed by atoms with E-state index in [1.54, 1.807) is 11.6 Å². The highest BCUT2D eigenvalue weighted by atomic mass is 32.1. The fourth-order valence-electron chi connectivity index (χ4n) is 3.75. The molecule has 31 heavy (non-hydrogen) atoms. The largest absolute Gasteiger partial charge is 0.508 e. The van der Waals surface area contributed by atoms with Gasteiger partial charge >= 0.3 is 0 Å². The molecule has 1 aromatic heterocycles. The minimum absolute atomic E-state index is 0.0253. The summed E-state index contributed by atoms with van der Waals surface area (Å²) in [6, 6.07) is 7.92. The lowest BCUT2D eigenvalue weighted by Crippen LogP contribution is -2.37. The molecule has 4 rings (SSSR count). The van der Waals surface area contributed by atoms with Gasteiger partial charge in [-0.05, 0) is 47.7 Å². The highest BCUT2D eigenvalue weighted by Crippen LogP contribution is 2.37. The Hall–Kier alpha value is -3.26. The van der Waals surface area contributed by atoms with E-state index in [0.29, 0.717) is 16.6 Å². The van der Waals surface area contributed by atoms with Gasteiger partial charge in [-0.15, -0.1) is 11.3 Å². The van der Waals surface area contributed by atoms with Crippen LogP contribution in [0.2, 0.25) is 0 Å². The Morgan fingerprint density at radius 3 is 2.84 bits per heavy atom. The van der Waals surface area contributed by atoms with Crippen molar-refractivity contribution in [1.29, 1.82) is 0 Å². The number of anilines is 1. The van der Waals surface area contributed by atoms with Crippen molar-refractivity contribution in [2.24, 2.45) is 0 Å². The van der Waals surface area contributed by atoms with Crippen LogP contribution in [0.4, 0.5) is 9.52 Å². The van der Waals surface area contributed by atoms with Crippen LogP contribution in [0, 0.1) is 5.82 Å². The number of nitrogens with one attached hydrogen (secondary N) is 1. The molecule has 2 unspecified atom stereocenters. The molecular weight excluding hydrogens is 417 g/mol. The van der Waals surface area contributed by atoms with Crippen LogP contribution in [-0.4, -0.2) is 26.8 Å². The summed E-state index contributed by atoms with van der Waals surface area (Å²) in [5.41, 5.74) is 2.40. The summed E-state index contributed by atoms with van der Waals surface area (Å²) in [6.07, 6.45) is 2.48. The molecule has 2 aromatic carbocycles. The molecule has 1 aliphatic heterocycles. The van der Waals surface area contributed by atoms with E-state index in [4.69, 9.17) is 0 Å². The first kappa shape index (κ1) is 21.0. The predicted molar refractivity (Wildman–Crippen MR) is 117 cm³/mol. The first-order chi connectivity index (χ1) is 14.9. The van der Waals surface area contributed by atoms with Crippen LogP contribution in [0.5, 0.6) is 5.75 Å². The zero-order valence-corrected chi connectivity index (χ0v) is 17.9. The Kier molecular flexibility index (Phi) is 5.73. The number of fused-ring (bicyclic) bond motifs is 1. The molecule has 8 heteroatoms. The average molecular weight is 440 g/mol. The third-order valence-corrected chi connectivity index (χ3v) is 6.34. The van der Waals surface area contributed by atoms with Crippen molar-refractivity contribution >= 4 is 28.3 Å². The third kappa shape index (κ3) is 4.03. The summed E-state index contributed by atoms with van der Waals surface area (Å²) in [5.74, 6) is -1.47. The topological polar surface area (TPSA) is 82.5 Å². The van der Waals surface area contributed by atoms with E-state index in [0.717, 1.165) is 29.7 Å². The summed E-state index contributed by atoms with van der Waals surface area (Å²) in [5, 5.41) is 15.1. The molecule has 2 atom stereocenters. The molecular formula is C23H22FN3O3S. The van der Waals surface area contributed by atoms with Crippen molar-refractivity contribution in [2.75, 3.05) is 5.32 Å². The second kappa shape index (κ2) is 8.47. The zero-order valence-electron chi connectivity index (χ0n) is 17.1. The van der Waals surface area contributed by atoms with Gasteiger partial charge in [-0.1, -0.05) is 26.0 Å². The Bertz CT molecular complexity index is 1130. The van der Waals surface area contributed by atoms with E-state index in [9.17, 15) is 19.1 Å². The summed E-state index contributed by atoms with van der Waals surface area (Å²) >= 11 is 1.23. The van der Waals surface area contributed by atoms with Crippen molar-refractivity contribution in [1.82, 2.24) is 9.88 Å². The number of aromatic hydroxyl groups is 1. The zero-order chi connectivity index (χ0) is 22.1. The Morgan fingerprint density at radius 2 is 2.13 bits per heavy atom. The van der Waals surface area contributed by atoms with Gasteiger partial charge in [0.1, 0.15) is 17.6 Å². The monoisotopic (exact) mass is 439 g/mol. The van der Waals surface area contributed by atoms with Crippen LogP contribution in [0.3, 0.4) is 0 Å². The van der Waals surface area contributed by atoms with Gasteiger partial charge in [0.25, 0.3) is 11.8 Å². The van der Waals surface area contributed by atoms with Crippen molar-refractivity contribution in [2.45, 2.75) is 38.8 Å². The van der Waals surface area contributed by atoms with Gasteiger partial charge in [0, 0.05) is 29.2 Å². The predicted octanol–water partition coefficient (Wildman–Crippen LogP) is 4.84. The number of thiazole rings is 1. The molecule has 1 aliphatic rings. The summed E-state index contributed by atoms with van der Waals surface area (Å²) in [4.78, 5) is 32.0. The minimum atomic E-state index is -1.22. The number of benzene rings is 2. The molecule has 0 saturated carbocycles. The second-order valence-corrected chi connectivity index (χ2v) is 8.49. The van der Waals surface area contributed by atoms with Crippen LogP contribution in [0.25, 0.3) is 0 Å². The van der Waals surface area contributed by atoms with E-state index in [-0.39, 0.29) is 23.8 Å². The van der Waals surface area contributed by atoms with Crippen LogP contribution in [0.15, 0.2) is 48.0 Å². The van der Waals surface area contributed by atoms with E-state index in [1.165, 1.54) is 22.3 Å². The molecule has 2 N–H and O–H groups in total. The number of halogens is 1. The van der Waals surface area contributed by atoms with Gasteiger partial charge in [0.2, 0.25) is 0 Å². The maximum Gasteiger partial charge on any atom is 0.255 e. The lowest BCUT2D eigenvalue weighted by atomic mass is 9.95. The van der Waals surface area contributed by atoms with Crippen molar-refractivity contribution in [3.05, 3.63) is 76.0 Å². The van der Waals surface area contributed by atoms with E-state index in [2.05, 4.69) is 24.1 Å². The summed E-state index contributed by atoms with van der Waals surface area (Å²) < 4.78 is 14.0. The first-order valence-electron chi connectivity index (χ1n) is 10.0. The highest BCUT2D eigenvalue weighted by molar-refractivity contribution is 7.13. The number of hydrogen-bond acceptors (Lipinski definition) is 5. The minimum Gasteiger partial charge on any atom is -0.508 e. The number of hydrogen-bond donors (Lipinski definition) is 2. The van der Waals surface area contributed by atoms with Gasteiger partial charge in [0.05, 0.1) is 0 Å². The van der Waals surface area contributed by atoms with Crippen molar-refractivity contribution in [3.63, 3.8) is 0 Å². The first-order valence-corrected chi connectivity index (χ1v) is 10.9. The number of carbonyl (C=O) groups excluding carboxylic acids is 2. The lowest BCUT2D eigenvalue weighted by molar-refractivity contribution is -0.120. The van der Waals surface area contributed by atoms with Crippen molar-refractivity contribution in [3.8, 4) is 5.75 Å². The maximum atomic E-state index is 14.0. The lowest BCUT2D eigenvalue weighted by Gasteiger charge is -2.27. The van der Waals surface area contributed by atoms with E-state index >= 15 is 0 Å². The van der Waals surface area contributed by atoms with Gasteiger partial charge in [-0.3, -0.25) is 14.9 Å². The molecule has 0 aliphatic carbocycles. The molecule has 0 radical (unpaired) electrons. The Labute approximate surface area is 183 Å². The molecule has 0 saturated heterocycles. The Morgan fingerprint density at radius 1 is 1.32 bits per heavy atom. The van der Waals surface area contributed by atoms with Crippen molar-refractivity contribution < 1.29 is 19.1 Å². The molecule has 0 bridgehead atoms. The molecule has 0 fully saturated rings. The van der Waals surface area contributed by atoms with Crippen LogP contribution in [-0.2, 0) is 11.3 Å². The summed E-state index contributed by atoms with van der Waals surface area (Å²) in [6.45, 7) is 4.35. The van der Waals surface area contributed by atoms with Gasteiger partial charge in [0.15, 0.2) is 5.13 Å². The molecule has 160 valence electrons. The molecule has 6 nitrogen and oxygen atoms in total. The normalized spacial score (nSPS) is 14.9. The van der Waals surface area contributed by atoms with Crippen LogP contribution >= 0.6 is 11.3 Å². The number of amides is 2. The fraction of sp³-hybridized carbons (Fsp3) is 0.261. The number of nitrogens with zero attached hydrogens (tertiary/aromatic N) is 2. The van der Waals surface area contributed by atoms with Gasteiger partial charge in [-0.25, -0.2) is 9.37 Å². The standard InChI is InChI=1S/C23H22FN3O3S/c1-3-13(2)14-4-5-15-12-27(22(30)17(15)10-14)20(18-11-16(24)6-7-19(18)28)21(29)26-23-25-8-9-31-23/h4-11,13,20,28H,3,12H2,1-2H3,(H,25,26,29). The maximum absolute atomic E-state index is 14.0. The van der Waals surface area contributed by atoms with Gasteiger partial charge in [-0.2, -0.15) is 0 Å². The van der Waals surface area contributed by atoms with Crippen LogP contribution < -0.4 is 5.32 Å². The summed E-state index contributed by atoms with van der Waals surface area (Å²) in [7, 11) is 0. The highest BCUT2D eigenvalue weighted by Gasteiger charge is 2.39. The second-order valence-electron chi connectivity index (χ2n) is 7.59. The molecule has 2 amide bonds. The Balaban J connectivity index is 1.74. The third-order valence-electron chi connectivity index (χ3n) is 5.65. The van der Waals surface area contributed by atoms with E-state index < -0.39 is 17.8 Å². The molecule has 3 aromatic rings. The quantitative estimate of drug-likeness (QED) is 0.576. The smallest absolute Gasteiger partial charge is 0.255 e. The average Bonchev–Trinajstić information content (AvgIpc) is 3.38. The number of phenols is 1. The number of rotatable bonds is 6. The van der Waals surface area contributed by atoms with E-state index in [1.807, 2.05) is 18.2 Å². The molecule has 2 heterocycles. The number of carbonyl (C=O) groups is 2. The van der Waals surface area contributed by atoms with Gasteiger partial charge < -0.3 is 10.0 Å². The SMILES string of the molecule is CCC(C)c1ccc2c(c1)C(=O)N(C(C(=O)Nc1nccs1)c1cc(F)ccc1O)C2. The number of aromatic nitrogens is 1. The number of phenolic OH excluding ortho intramolecular Hbond substituents is 1. The molecule has 0 spiro atoms.